The Morgan fingerprint density at radius 3 is 2.57 bits per heavy atom. The number of nitrogens with one attached hydrogen (secondary N) is 1. The Kier molecular flexibility index (Phi) is 4.06. The summed E-state index contributed by atoms with van der Waals surface area (Å²) in [6.07, 6.45) is 0. The molecule has 1 aliphatic rings. The second-order valence-electron chi connectivity index (χ2n) is 5.22. The molecule has 1 aliphatic heterocycles. The molecule has 0 spiro atoms. The highest BCUT2D eigenvalue weighted by molar-refractivity contribution is 9.10. The van der Waals surface area contributed by atoms with Crippen LogP contribution in [0.15, 0.2) is 34.8 Å². The van der Waals surface area contributed by atoms with Crippen molar-refractivity contribution in [2.45, 2.75) is 20.4 Å². The van der Waals surface area contributed by atoms with Gasteiger partial charge in [0.2, 0.25) is 0 Å². The number of hydrogen-bond acceptors (Lipinski definition) is 3. The molecule has 2 aromatic carbocycles. The standard InChI is InChI=1S/C17H18BrNO2/c1-11-8-14(9-12(2)16(11)18)19-10-13-4-3-5-15-17(13)21-7-6-20-15/h3-5,8-9,19H,6-7,10H2,1-2H3. The van der Waals surface area contributed by atoms with Crippen LogP contribution in [-0.2, 0) is 6.54 Å². The fourth-order valence-electron chi connectivity index (χ4n) is 2.52. The van der Waals surface area contributed by atoms with E-state index in [0.717, 1.165) is 22.7 Å². The second kappa shape index (κ2) is 5.98. The summed E-state index contributed by atoms with van der Waals surface area (Å²) >= 11 is 3.59. The van der Waals surface area contributed by atoms with Crippen LogP contribution in [0.4, 0.5) is 5.69 Å². The van der Waals surface area contributed by atoms with Gasteiger partial charge in [-0.05, 0) is 43.2 Å². The summed E-state index contributed by atoms with van der Waals surface area (Å²) < 4.78 is 12.5. The fourth-order valence-corrected chi connectivity index (χ4v) is 2.75. The second-order valence-corrected chi connectivity index (χ2v) is 6.01. The largest absolute Gasteiger partial charge is 0.486 e. The number of hydrogen-bond donors (Lipinski definition) is 1. The predicted molar refractivity (Wildman–Crippen MR) is 88.4 cm³/mol. The average molecular weight is 348 g/mol. The van der Waals surface area contributed by atoms with Gasteiger partial charge >= 0.3 is 0 Å². The highest BCUT2D eigenvalue weighted by atomic mass is 79.9. The third kappa shape index (κ3) is 3.00. The Labute approximate surface area is 133 Å². The van der Waals surface area contributed by atoms with Crippen molar-refractivity contribution in [2.24, 2.45) is 0 Å². The van der Waals surface area contributed by atoms with Gasteiger partial charge < -0.3 is 14.8 Å². The van der Waals surface area contributed by atoms with Crippen molar-refractivity contribution in [2.75, 3.05) is 18.5 Å². The van der Waals surface area contributed by atoms with Gasteiger partial charge in [0.25, 0.3) is 0 Å². The molecule has 2 aromatic rings. The Hall–Kier alpha value is -1.68. The zero-order valence-corrected chi connectivity index (χ0v) is 13.8. The fraction of sp³-hybridized carbons (Fsp3) is 0.294. The smallest absolute Gasteiger partial charge is 0.166 e. The van der Waals surface area contributed by atoms with Crippen LogP contribution in [0, 0.1) is 13.8 Å². The molecule has 0 amide bonds. The van der Waals surface area contributed by atoms with E-state index >= 15 is 0 Å². The molecule has 1 heterocycles. The van der Waals surface area contributed by atoms with Gasteiger partial charge in [0, 0.05) is 22.3 Å². The number of halogens is 1. The quantitative estimate of drug-likeness (QED) is 0.889. The third-order valence-corrected chi connectivity index (χ3v) is 4.82. The molecule has 0 bridgehead atoms. The van der Waals surface area contributed by atoms with Crippen molar-refractivity contribution in [1.29, 1.82) is 0 Å². The number of fused-ring (bicyclic) bond motifs is 1. The van der Waals surface area contributed by atoms with Crippen LogP contribution >= 0.6 is 15.9 Å². The van der Waals surface area contributed by atoms with Gasteiger partial charge in [-0.25, -0.2) is 0 Å². The first-order valence-electron chi connectivity index (χ1n) is 7.03. The number of aryl methyl sites for hydroxylation is 2. The highest BCUT2D eigenvalue weighted by Crippen LogP contribution is 2.34. The first-order valence-corrected chi connectivity index (χ1v) is 7.82. The highest BCUT2D eigenvalue weighted by Gasteiger charge is 2.15. The SMILES string of the molecule is Cc1cc(NCc2cccc3c2OCCO3)cc(C)c1Br. The van der Waals surface area contributed by atoms with E-state index in [-0.39, 0.29) is 0 Å². The molecule has 0 saturated heterocycles. The number of rotatable bonds is 3. The van der Waals surface area contributed by atoms with Crippen LogP contribution in [-0.4, -0.2) is 13.2 Å². The van der Waals surface area contributed by atoms with E-state index < -0.39 is 0 Å². The van der Waals surface area contributed by atoms with Crippen molar-refractivity contribution < 1.29 is 9.47 Å². The summed E-state index contributed by atoms with van der Waals surface area (Å²) in [5, 5.41) is 3.46. The van der Waals surface area contributed by atoms with Crippen LogP contribution in [0.3, 0.4) is 0 Å². The summed E-state index contributed by atoms with van der Waals surface area (Å²) in [5.41, 5.74) is 4.69. The van der Waals surface area contributed by atoms with Crippen molar-refractivity contribution in [3.8, 4) is 11.5 Å². The molecule has 110 valence electrons. The van der Waals surface area contributed by atoms with Gasteiger partial charge in [-0.2, -0.15) is 0 Å². The van der Waals surface area contributed by atoms with Crippen LogP contribution in [0.1, 0.15) is 16.7 Å². The molecule has 0 aliphatic carbocycles. The number of benzene rings is 2. The van der Waals surface area contributed by atoms with E-state index in [9.17, 15) is 0 Å². The molecule has 3 rings (SSSR count). The maximum absolute atomic E-state index is 5.74. The average Bonchev–Trinajstić information content (AvgIpc) is 2.50. The molecule has 4 heteroatoms. The summed E-state index contributed by atoms with van der Waals surface area (Å²) in [7, 11) is 0. The zero-order valence-electron chi connectivity index (χ0n) is 12.2. The van der Waals surface area contributed by atoms with Crippen LogP contribution in [0.5, 0.6) is 11.5 Å². The Bertz CT molecular complexity index is 647. The molecular formula is C17H18BrNO2. The van der Waals surface area contributed by atoms with Crippen LogP contribution < -0.4 is 14.8 Å². The van der Waals surface area contributed by atoms with Crippen LogP contribution in [0.25, 0.3) is 0 Å². The minimum atomic E-state index is 0.612. The Morgan fingerprint density at radius 1 is 1.10 bits per heavy atom. The van der Waals surface area contributed by atoms with Gasteiger partial charge in [0.1, 0.15) is 13.2 Å². The molecule has 21 heavy (non-hydrogen) atoms. The minimum absolute atomic E-state index is 0.612. The van der Waals surface area contributed by atoms with Crippen molar-refractivity contribution in [3.63, 3.8) is 0 Å². The third-order valence-electron chi connectivity index (χ3n) is 3.57. The lowest BCUT2D eigenvalue weighted by molar-refractivity contribution is 0.170. The first-order chi connectivity index (χ1) is 10.1. The van der Waals surface area contributed by atoms with E-state index in [0.29, 0.717) is 19.8 Å². The number of para-hydroxylation sites is 1. The summed E-state index contributed by atoms with van der Waals surface area (Å²) in [6, 6.07) is 10.3. The van der Waals surface area contributed by atoms with E-state index in [1.54, 1.807) is 0 Å². The lowest BCUT2D eigenvalue weighted by Crippen LogP contribution is -2.17. The molecule has 0 aromatic heterocycles. The van der Waals surface area contributed by atoms with Crippen molar-refractivity contribution in [3.05, 3.63) is 51.5 Å². The lowest BCUT2D eigenvalue weighted by Gasteiger charge is -2.21. The van der Waals surface area contributed by atoms with E-state index in [1.165, 1.54) is 15.6 Å². The minimum Gasteiger partial charge on any atom is -0.486 e. The Morgan fingerprint density at radius 2 is 1.81 bits per heavy atom. The van der Waals surface area contributed by atoms with Crippen molar-refractivity contribution >= 4 is 21.6 Å². The Balaban J connectivity index is 1.79. The topological polar surface area (TPSA) is 30.5 Å². The van der Waals surface area contributed by atoms with E-state index in [1.807, 2.05) is 12.1 Å². The van der Waals surface area contributed by atoms with Gasteiger partial charge in [0.15, 0.2) is 11.5 Å². The molecule has 3 nitrogen and oxygen atoms in total. The molecule has 1 N–H and O–H groups in total. The summed E-state index contributed by atoms with van der Waals surface area (Å²) in [6.45, 7) is 6.15. The van der Waals surface area contributed by atoms with E-state index in [2.05, 4.69) is 53.3 Å². The molecule has 0 radical (unpaired) electrons. The zero-order chi connectivity index (χ0) is 14.8. The maximum atomic E-state index is 5.74. The molecule has 0 unspecified atom stereocenters. The van der Waals surface area contributed by atoms with Crippen LogP contribution in [0.2, 0.25) is 0 Å². The lowest BCUT2D eigenvalue weighted by atomic mass is 10.1. The monoisotopic (exact) mass is 347 g/mol. The molecule has 0 saturated carbocycles. The predicted octanol–water partition coefficient (Wildman–Crippen LogP) is 4.45. The normalized spacial score (nSPS) is 13.1. The van der Waals surface area contributed by atoms with Gasteiger partial charge in [0.05, 0.1) is 0 Å². The van der Waals surface area contributed by atoms with Gasteiger partial charge in [-0.15, -0.1) is 0 Å². The van der Waals surface area contributed by atoms with Crippen molar-refractivity contribution in [1.82, 2.24) is 0 Å². The number of ether oxygens (including phenoxy) is 2. The summed E-state index contributed by atoms with van der Waals surface area (Å²) in [4.78, 5) is 0. The molecular weight excluding hydrogens is 330 g/mol. The van der Waals surface area contributed by atoms with Gasteiger partial charge in [-0.1, -0.05) is 28.1 Å². The maximum Gasteiger partial charge on any atom is 0.166 e. The van der Waals surface area contributed by atoms with Gasteiger partial charge in [-0.3, -0.25) is 0 Å². The number of anilines is 1. The van der Waals surface area contributed by atoms with E-state index in [4.69, 9.17) is 9.47 Å². The first kappa shape index (κ1) is 14.3. The summed E-state index contributed by atoms with van der Waals surface area (Å²) in [5.74, 6) is 1.70. The molecule has 0 fully saturated rings. The molecule has 0 atom stereocenters.